The summed E-state index contributed by atoms with van der Waals surface area (Å²) < 4.78 is 4.49. The van der Waals surface area contributed by atoms with Gasteiger partial charge in [-0.2, -0.15) is 0 Å². The molecule has 0 N–H and O–H groups in total. The topological polar surface area (TPSA) is 30.7 Å². The van der Waals surface area contributed by atoms with Crippen LogP contribution in [0.5, 0.6) is 0 Å². The third kappa shape index (κ3) is 1.61. The molecular formula is C9H7NO2. The van der Waals surface area contributed by atoms with Crippen LogP contribution in [0, 0.1) is 6.57 Å². The van der Waals surface area contributed by atoms with Gasteiger partial charge in [-0.25, -0.2) is 9.64 Å². The van der Waals surface area contributed by atoms with E-state index in [0.717, 1.165) is 0 Å². The summed E-state index contributed by atoms with van der Waals surface area (Å²) in [5.74, 6) is -0.416. The first-order valence-electron chi connectivity index (χ1n) is 3.34. The fourth-order valence-corrected chi connectivity index (χ4v) is 0.820. The SMILES string of the molecule is [C-]#[N+]c1cccc(C(=O)OC)c1. The van der Waals surface area contributed by atoms with Crippen LogP contribution in [0.2, 0.25) is 0 Å². The lowest BCUT2D eigenvalue weighted by atomic mass is 10.2. The average molecular weight is 161 g/mol. The van der Waals surface area contributed by atoms with Crippen LogP contribution in [0.3, 0.4) is 0 Å². The molecule has 0 fully saturated rings. The molecule has 0 aliphatic rings. The van der Waals surface area contributed by atoms with Gasteiger partial charge in [-0.3, -0.25) is 0 Å². The molecule has 12 heavy (non-hydrogen) atoms. The Bertz CT molecular complexity index is 339. The lowest BCUT2D eigenvalue weighted by Gasteiger charge is -1.97. The first-order valence-corrected chi connectivity index (χ1v) is 3.34. The molecule has 0 radical (unpaired) electrons. The molecule has 0 atom stereocenters. The van der Waals surface area contributed by atoms with Gasteiger partial charge in [-0.1, -0.05) is 18.2 Å². The zero-order valence-electron chi connectivity index (χ0n) is 6.57. The van der Waals surface area contributed by atoms with Crippen LogP contribution in [0.1, 0.15) is 10.4 Å². The van der Waals surface area contributed by atoms with E-state index in [1.54, 1.807) is 18.2 Å². The van der Waals surface area contributed by atoms with Gasteiger partial charge in [0.15, 0.2) is 5.69 Å². The Hall–Kier alpha value is -1.82. The van der Waals surface area contributed by atoms with E-state index in [1.807, 2.05) is 0 Å². The van der Waals surface area contributed by atoms with Gasteiger partial charge in [0.1, 0.15) is 0 Å². The molecule has 1 aromatic rings. The largest absolute Gasteiger partial charge is 0.465 e. The van der Waals surface area contributed by atoms with Crippen LogP contribution in [0.4, 0.5) is 5.69 Å². The number of rotatable bonds is 1. The molecule has 0 unspecified atom stereocenters. The molecule has 0 amide bonds. The Labute approximate surface area is 70.4 Å². The van der Waals surface area contributed by atoms with E-state index >= 15 is 0 Å². The van der Waals surface area contributed by atoms with Gasteiger partial charge in [0.25, 0.3) is 0 Å². The molecule has 60 valence electrons. The van der Waals surface area contributed by atoms with Crippen molar-refractivity contribution in [2.24, 2.45) is 0 Å². The Morgan fingerprint density at radius 1 is 1.58 bits per heavy atom. The number of esters is 1. The second kappa shape index (κ2) is 3.54. The summed E-state index contributed by atoms with van der Waals surface area (Å²) in [6, 6.07) is 6.40. The van der Waals surface area contributed by atoms with E-state index in [4.69, 9.17) is 6.57 Å². The highest BCUT2D eigenvalue weighted by atomic mass is 16.5. The molecular weight excluding hydrogens is 154 g/mol. The molecule has 0 aliphatic carbocycles. The van der Waals surface area contributed by atoms with Crippen molar-refractivity contribution in [3.8, 4) is 0 Å². The van der Waals surface area contributed by atoms with E-state index in [9.17, 15) is 4.79 Å². The van der Waals surface area contributed by atoms with E-state index in [1.165, 1.54) is 13.2 Å². The summed E-state index contributed by atoms with van der Waals surface area (Å²) in [7, 11) is 1.31. The predicted octanol–water partition coefficient (Wildman–Crippen LogP) is 2.02. The molecule has 0 heterocycles. The first-order chi connectivity index (χ1) is 5.77. The standard InChI is InChI=1S/C9H7NO2/c1-10-8-5-3-4-7(6-8)9(11)12-2/h3-6H,2H3. The number of hydrogen-bond acceptors (Lipinski definition) is 2. The maximum atomic E-state index is 11.0. The normalized spacial score (nSPS) is 8.67. The predicted molar refractivity (Wildman–Crippen MR) is 44.0 cm³/mol. The molecule has 1 rings (SSSR count). The van der Waals surface area contributed by atoms with Crippen LogP contribution < -0.4 is 0 Å². The minimum absolute atomic E-state index is 0.408. The number of hydrogen-bond donors (Lipinski definition) is 0. The molecule has 0 saturated heterocycles. The van der Waals surface area contributed by atoms with Crippen LogP contribution >= 0.6 is 0 Å². The minimum Gasteiger partial charge on any atom is -0.465 e. The Balaban J connectivity index is 3.04. The summed E-state index contributed by atoms with van der Waals surface area (Å²) in [6.45, 7) is 6.71. The summed E-state index contributed by atoms with van der Waals surface area (Å²) >= 11 is 0. The smallest absolute Gasteiger partial charge is 0.336 e. The van der Waals surface area contributed by atoms with E-state index in [2.05, 4.69) is 9.58 Å². The third-order valence-electron chi connectivity index (χ3n) is 1.40. The van der Waals surface area contributed by atoms with Crippen molar-refractivity contribution in [1.82, 2.24) is 0 Å². The van der Waals surface area contributed by atoms with Gasteiger partial charge in [-0.15, -0.1) is 0 Å². The van der Waals surface area contributed by atoms with Gasteiger partial charge in [0.2, 0.25) is 0 Å². The van der Waals surface area contributed by atoms with Crippen LogP contribution in [-0.2, 0) is 4.74 Å². The molecule has 3 nitrogen and oxygen atoms in total. The molecule has 0 aliphatic heterocycles. The maximum Gasteiger partial charge on any atom is 0.336 e. The van der Waals surface area contributed by atoms with E-state index in [-0.39, 0.29) is 0 Å². The van der Waals surface area contributed by atoms with Crippen molar-refractivity contribution in [3.05, 3.63) is 41.2 Å². The van der Waals surface area contributed by atoms with E-state index < -0.39 is 5.97 Å². The number of ether oxygens (including phenoxy) is 1. The van der Waals surface area contributed by atoms with Crippen molar-refractivity contribution in [2.75, 3.05) is 7.11 Å². The minimum atomic E-state index is -0.416. The highest BCUT2D eigenvalue weighted by Crippen LogP contribution is 2.13. The average Bonchev–Trinajstić information content (AvgIpc) is 2.17. The summed E-state index contributed by atoms with van der Waals surface area (Å²) in [5, 5.41) is 0. The van der Waals surface area contributed by atoms with Gasteiger partial charge in [0, 0.05) is 5.56 Å². The number of nitrogens with zero attached hydrogens (tertiary/aromatic N) is 1. The van der Waals surface area contributed by atoms with Crippen molar-refractivity contribution >= 4 is 11.7 Å². The van der Waals surface area contributed by atoms with Crippen LogP contribution in [-0.4, -0.2) is 13.1 Å². The monoisotopic (exact) mass is 161 g/mol. The summed E-state index contributed by atoms with van der Waals surface area (Å²) in [5.41, 5.74) is 0.851. The zero-order valence-corrected chi connectivity index (χ0v) is 6.57. The van der Waals surface area contributed by atoms with Gasteiger partial charge in [0.05, 0.1) is 13.7 Å². The second-order valence-corrected chi connectivity index (χ2v) is 2.15. The Morgan fingerprint density at radius 3 is 2.92 bits per heavy atom. The molecule has 0 bridgehead atoms. The third-order valence-corrected chi connectivity index (χ3v) is 1.40. The first kappa shape index (κ1) is 8.28. The molecule has 1 aromatic carbocycles. The van der Waals surface area contributed by atoms with Gasteiger partial charge >= 0.3 is 5.97 Å². The van der Waals surface area contributed by atoms with Crippen LogP contribution in [0.25, 0.3) is 4.85 Å². The molecule has 3 heteroatoms. The van der Waals surface area contributed by atoms with Gasteiger partial charge < -0.3 is 4.74 Å². The highest BCUT2D eigenvalue weighted by Gasteiger charge is 2.04. The molecule has 0 aromatic heterocycles. The summed E-state index contributed by atoms with van der Waals surface area (Å²) in [6.07, 6.45) is 0. The molecule has 0 spiro atoms. The number of carbonyl (C=O) groups excluding carboxylic acids is 1. The molecule has 0 saturated carbocycles. The lowest BCUT2D eigenvalue weighted by Crippen LogP contribution is -1.99. The fourth-order valence-electron chi connectivity index (χ4n) is 0.820. The maximum absolute atomic E-state index is 11.0. The summed E-state index contributed by atoms with van der Waals surface area (Å²) in [4.78, 5) is 14.1. The highest BCUT2D eigenvalue weighted by molar-refractivity contribution is 5.90. The van der Waals surface area contributed by atoms with Crippen LogP contribution in [0.15, 0.2) is 24.3 Å². The lowest BCUT2D eigenvalue weighted by molar-refractivity contribution is 0.0601. The number of benzene rings is 1. The quantitative estimate of drug-likeness (QED) is 0.466. The van der Waals surface area contributed by atoms with E-state index in [0.29, 0.717) is 11.3 Å². The van der Waals surface area contributed by atoms with Crippen molar-refractivity contribution < 1.29 is 9.53 Å². The Morgan fingerprint density at radius 2 is 2.33 bits per heavy atom. The van der Waals surface area contributed by atoms with Gasteiger partial charge in [-0.05, 0) is 6.07 Å². The zero-order chi connectivity index (χ0) is 8.97. The number of methoxy groups -OCH3 is 1. The van der Waals surface area contributed by atoms with Crippen molar-refractivity contribution in [2.45, 2.75) is 0 Å². The van der Waals surface area contributed by atoms with Crippen molar-refractivity contribution in [3.63, 3.8) is 0 Å². The Kier molecular flexibility index (Phi) is 2.44. The second-order valence-electron chi connectivity index (χ2n) is 2.15. The number of carbonyl (C=O) groups is 1. The van der Waals surface area contributed by atoms with Crippen molar-refractivity contribution in [1.29, 1.82) is 0 Å². The fraction of sp³-hybridized carbons (Fsp3) is 0.111.